The van der Waals surface area contributed by atoms with Crippen molar-refractivity contribution >= 4 is 52.2 Å². The number of anilines is 1. The van der Waals surface area contributed by atoms with E-state index < -0.39 is 6.04 Å². The highest BCUT2D eigenvalue weighted by atomic mass is 35.5. The molecule has 46 heavy (non-hydrogen) atoms. The second kappa shape index (κ2) is 13.8. The molecule has 0 saturated carbocycles. The van der Waals surface area contributed by atoms with E-state index in [1.807, 2.05) is 91.9 Å². The third kappa shape index (κ3) is 6.65. The Hall–Kier alpha value is -4.63. The molecule has 1 aromatic heterocycles. The number of allylic oxidation sites excluding steroid dienone is 1. The maximum absolute atomic E-state index is 14.2. The van der Waals surface area contributed by atoms with Gasteiger partial charge in [0.25, 0.3) is 11.5 Å². The van der Waals surface area contributed by atoms with E-state index in [4.69, 9.17) is 37.7 Å². The first kappa shape index (κ1) is 31.4. The van der Waals surface area contributed by atoms with Gasteiger partial charge in [0, 0.05) is 11.3 Å². The number of halogens is 2. The van der Waals surface area contributed by atoms with Crippen molar-refractivity contribution in [2.24, 2.45) is 4.99 Å². The molecule has 2 heterocycles. The van der Waals surface area contributed by atoms with Crippen molar-refractivity contribution in [1.82, 2.24) is 4.57 Å². The fourth-order valence-corrected chi connectivity index (χ4v) is 6.58. The summed E-state index contributed by atoms with van der Waals surface area (Å²) in [6, 6.07) is 28.8. The normalized spacial score (nSPS) is 14.4. The zero-order valence-electron chi connectivity index (χ0n) is 25.0. The van der Waals surface area contributed by atoms with E-state index >= 15 is 0 Å². The number of ether oxygens (including phenoxy) is 2. The van der Waals surface area contributed by atoms with Crippen molar-refractivity contribution in [3.8, 4) is 11.5 Å². The standard InChI is InChI=1S/C36H29Cl2N3O4S/c1-3-44-27-16-14-24(15-17-27)33-32(34(42)40-26-10-5-4-6-11-26)22(2)39-36-41(33)35(43)31(46-36)20-25-9-7-8-12-30(25)45-21-23-13-18-28(37)29(38)19-23/h4-20,33H,3,21H2,1-2H3,(H,40,42)/b31-20-/t33-/m0/s1. The zero-order valence-corrected chi connectivity index (χ0v) is 27.3. The summed E-state index contributed by atoms with van der Waals surface area (Å²) in [4.78, 5) is 33.3. The van der Waals surface area contributed by atoms with Crippen LogP contribution in [0.4, 0.5) is 5.69 Å². The van der Waals surface area contributed by atoms with Crippen molar-refractivity contribution < 1.29 is 14.3 Å². The molecule has 1 aliphatic heterocycles. The van der Waals surface area contributed by atoms with Crippen molar-refractivity contribution in [3.63, 3.8) is 0 Å². The average Bonchev–Trinajstić information content (AvgIpc) is 3.36. The molecule has 1 amide bonds. The highest BCUT2D eigenvalue weighted by Gasteiger charge is 2.32. The topological polar surface area (TPSA) is 81.9 Å². The molecule has 0 unspecified atom stereocenters. The first-order chi connectivity index (χ1) is 22.3. The van der Waals surface area contributed by atoms with Gasteiger partial charge in [-0.05, 0) is 73.5 Å². The second-order valence-electron chi connectivity index (χ2n) is 10.5. The highest BCUT2D eigenvalue weighted by Crippen LogP contribution is 2.32. The van der Waals surface area contributed by atoms with Crippen LogP contribution < -0.4 is 29.7 Å². The number of carbonyl (C=O) groups is 1. The molecule has 0 fully saturated rings. The molecule has 10 heteroatoms. The molecule has 0 saturated heterocycles. The van der Waals surface area contributed by atoms with Gasteiger partial charge in [0.05, 0.1) is 38.5 Å². The summed E-state index contributed by atoms with van der Waals surface area (Å²) in [5.74, 6) is 0.968. The largest absolute Gasteiger partial charge is 0.494 e. The molecule has 7 nitrogen and oxygen atoms in total. The Morgan fingerprint density at radius 2 is 1.70 bits per heavy atom. The van der Waals surface area contributed by atoms with E-state index in [0.29, 0.717) is 54.4 Å². The summed E-state index contributed by atoms with van der Waals surface area (Å²) >= 11 is 13.5. The number of carbonyl (C=O) groups excluding carboxylic acids is 1. The van der Waals surface area contributed by atoms with Crippen LogP contribution in [-0.2, 0) is 11.4 Å². The number of amides is 1. The van der Waals surface area contributed by atoms with E-state index in [2.05, 4.69) is 5.32 Å². The van der Waals surface area contributed by atoms with E-state index in [1.54, 1.807) is 29.7 Å². The molecule has 0 bridgehead atoms. The SMILES string of the molecule is CCOc1ccc([C@H]2C(C(=O)Nc3ccccc3)=C(C)N=c3s/c(=C\c4ccccc4OCc4ccc(Cl)c(Cl)c4)c(=O)n32)cc1. The summed E-state index contributed by atoms with van der Waals surface area (Å²) in [5, 5.41) is 3.90. The fourth-order valence-electron chi connectivity index (χ4n) is 5.22. The third-order valence-corrected chi connectivity index (χ3v) is 9.11. The van der Waals surface area contributed by atoms with Crippen LogP contribution in [0.15, 0.2) is 118 Å². The predicted octanol–water partition coefficient (Wildman–Crippen LogP) is 7.16. The van der Waals surface area contributed by atoms with Crippen LogP contribution in [0.25, 0.3) is 6.08 Å². The van der Waals surface area contributed by atoms with Crippen molar-refractivity contribution in [2.75, 3.05) is 11.9 Å². The molecular weight excluding hydrogens is 641 g/mol. The Bertz CT molecular complexity index is 2120. The monoisotopic (exact) mass is 669 g/mol. The van der Waals surface area contributed by atoms with Crippen LogP contribution in [0.1, 0.15) is 36.6 Å². The van der Waals surface area contributed by atoms with E-state index in [9.17, 15) is 9.59 Å². The van der Waals surface area contributed by atoms with E-state index in [0.717, 1.165) is 16.7 Å². The molecule has 1 N–H and O–H groups in total. The molecule has 1 aliphatic rings. The van der Waals surface area contributed by atoms with Gasteiger partial charge in [-0.15, -0.1) is 0 Å². The molecule has 0 aliphatic carbocycles. The van der Waals surface area contributed by atoms with E-state index in [-0.39, 0.29) is 18.1 Å². The number of hydrogen-bond acceptors (Lipinski definition) is 6. The smallest absolute Gasteiger partial charge is 0.271 e. The van der Waals surface area contributed by atoms with Gasteiger partial charge in [-0.3, -0.25) is 14.2 Å². The van der Waals surface area contributed by atoms with Crippen molar-refractivity contribution in [2.45, 2.75) is 26.5 Å². The first-order valence-corrected chi connectivity index (χ1v) is 16.2. The molecule has 0 radical (unpaired) electrons. The summed E-state index contributed by atoms with van der Waals surface area (Å²) in [6.45, 7) is 4.50. The van der Waals surface area contributed by atoms with Gasteiger partial charge in [-0.1, -0.05) is 89.1 Å². The number of rotatable bonds is 9. The summed E-state index contributed by atoms with van der Waals surface area (Å²) in [5.41, 5.74) is 3.64. The number of hydrogen-bond donors (Lipinski definition) is 1. The Balaban J connectivity index is 1.41. The van der Waals surface area contributed by atoms with Crippen LogP contribution in [0.3, 0.4) is 0 Å². The van der Waals surface area contributed by atoms with Gasteiger partial charge in [0.15, 0.2) is 4.80 Å². The molecule has 232 valence electrons. The fraction of sp³-hybridized carbons (Fsp3) is 0.139. The maximum Gasteiger partial charge on any atom is 0.271 e. The minimum atomic E-state index is -0.709. The minimum absolute atomic E-state index is 0.264. The Morgan fingerprint density at radius 1 is 0.957 bits per heavy atom. The lowest BCUT2D eigenvalue weighted by atomic mass is 9.95. The lowest BCUT2D eigenvalue weighted by molar-refractivity contribution is -0.113. The number of thiazole rings is 1. The number of fused-ring (bicyclic) bond motifs is 1. The summed E-state index contributed by atoms with van der Waals surface area (Å²) in [6.07, 6.45) is 1.80. The quantitative estimate of drug-likeness (QED) is 0.181. The second-order valence-corrected chi connectivity index (χ2v) is 12.3. The van der Waals surface area contributed by atoms with Crippen molar-refractivity contribution in [1.29, 1.82) is 0 Å². The Labute approximate surface area is 279 Å². The van der Waals surface area contributed by atoms with Gasteiger partial charge >= 0.3 is 0 Å². The highest BCUT2D eigenvalue weighted by molar-refractivity contribution is 7.07. The lowest BCUT2D eigenvalue weighted by Gasteiger charge is -2.25. The first-order valence-electron chi connectivity index (χ1n) is 14.6. The summed E-state index contributed by atoms with van der Waals surface area (Å²) in [7, 11) is 0. The molecular formula is C36H29Cl2N3O4S. The number of nitrogens with zero attached hydrogens (tertiary/aromatic N) is 2. The number of benzene rings is 4. The van der Waals surface area contributed by atoms with Gasteiger partial charge in [-0.2, -0.15) is 0 Å². The lowest BCUT2D eigenvalue weighted by Crippen LogP contribution is -2.40. The molecule has 1 atom stereocenters. The average molecular weight is 671 g/mol. The van der Waals surface area contributed by atoms with Crippen LogP contribution >= 0.6 is 34.5 Å². The Morgan fingerprint density at radius 3 is 2.43 bits per heavy atom. The minimum Gasteiger partial charge on any atom is -0.494 e. The van der Waals surface area contributed by atoms with Gasteiger partial charge in [0.1, 0.15) is 18.1 Å². The van der Waals surface area contributed by atoms with Gasteiger partial charge < -0.3 is 14.8 Å². The van der Waals surface area contributed by atoms with Gasteiger partial charge in [0.2, 0.25) is 0 Å². The maximum atomic E-state index is 14.2. The molecule has 5 aromatic rings. The molecule has 6 rings (SSSR count). The molecule has 0 spiro atoms. The van der Waals surface area contributed by atoms with E-state index in [1.165, 1.54) is 11.3 Å². The third-order valence-electron chi connectivity index (χ3n) is 7.39. The van der Waals surface area contributed by atoms with Crippen LogP contribution in [0.5, 0.6) is 11.5 Å². The van der Waals surface area contributed by atoms with Crippen LogP contribution in [0.2, 0.25) is 10.0 Å². The van der Waals surface area contributed by atoms with Crippen molar-refractivity contribution in [3.05, 3.63) is 155 Å². The van der Waals surface area contributed by atoms with Gasteiger partial charge in [-0.25, -0.2) is 4.99 Å². The predicted molar refractivity (Wildman–Crippen MR) is 184 cm³/mol. The molecule has 4 aromatic carbocycles. The number of para-hydroxylation sites is 2. The Kier molecular flexibility index (Phi) is 9.40. The number of aromatic nitrogens is 1. The van der Waals surface area contributed by atoms with Crippen LogP contribution in [-0.4, -0.2) is 17.1 Å². The zero-order chi connectivity index (χ0) is 32.2. The van der Waals surface area contributed by atoms with Crippen LogP contribution in [0, 0.1) is 0 Å². The number of nitrogens with one attached hydrogen (secondary N) is 1. The summed E-state index contributed by atoms with van der Waals surface area (Å²) < 4.78 is 13.8.